The molecule has 1 saturated heterocycles. The normalized spacial score (nSPS) is 19.6. The zero-order valence-electron chi connectivity index (χ0n) is 11.1. The fourth-order valence-electron chi connectivity index (χ4n) is 2.29. The van der Waals surface area contributed by atoms with E-state index >= 15 is 0 Å². The second-order valence-electron chi connectivity index (χ2n) is 5.10. The lowest BCUT2D eigenvalue weighted by Crippen LogP contribution is -2.15. The van der Waals surface area contributed by atoms with Gasteiger partial charge in [-0.3, -0.25) is 4.79 Å². The van der Waals surface area contributed by atoms with Crippen molar-refractivity contribution in [3.63, 3.8) is 0 Å². The summed E-state index contributed by atoms with van der Waals surface area (Å²) in [6, 6.07) is 0.244. The highest BCUT2D eigenvalue weighted by atomic mass is 16.5. The Labute approximate surface area is 108 Å². The summed E-state index contributed by atoms with van der Waals surface area (Å²) in [5.41, 5.74) is 0. The van der Waals surface area contributed by atoms with Crippen LogP contribution < -0.4 is 0 Å². The van der Waals surface area contributed by atoms with Gasteiger partial charge in [-0.05, 0) is 33.1 Å². The molecule has 100 valence electrons. The number of nitrogens with zero attached hydrogens (tertiary/aromatic N) is 3. The van der Waals surface area contributed by atoms with Crippen LogP contribution in [0, 0.1) is 0 Å². The van der Waals surface area contributed by atoms with E-state index in [1.807, 2.05) is 18.5 Å². The van der Waals surface area contributed by atoms with Crippen LogP contribution in [0.25, 0.3) is 0 Å². The number of ether oxygens (including phenoxy) is 1. The smallest absolute Gasteiger partial charge is 0.140 e. The van der Waals surface area contributed by atoms with E-state index in [0.29, 0.717) is 12.8 Å². The minimum Gasteiger partial charge on any atom is -0.378 e. The van der Waals surface area contributed by atoms with Gasteiger partial charge in [-0.2, -0.15) is 5.10 Å². The third kappa shape index (κ3) is 3.38. The minimum atomic E-state index is 0.223. The molecule has 1 unspecified atom stereocenters. The first kappa shape index (κ1) is 13.2. The van der Waals surface area contributed by atoms with Crippen molar-refractivity contribution in [3.05, 3.63) is 12.2 Å². The highest BCUT2D eigenvalue weighted by Crippen LogP contribution is 2.17. The van der Waals surface area contributed by atoms with Crippen LogP contribution in [0.4, 0.5) is 0 Å². The average molecular weight is 251 g/mol. The summed E-state index contributed by atoms with van der Waals surface area (Å²) in [4.78, 5) is 16.1. The Bertz CT molecular complexity index is 395. The number of aromatic nitrogens is 3. The van der Waals surface area contributed by atoms with Gasteiger partial charge in [-0.15, -0.1) is 0 Å². The van der Waals surface area contributed by atoms with Crippen LogP contribution in [0.1, 0.15) is 51.4 Å². The van der Waals surface area contributed by atoms with Gasteiger partial charge in [0.1, 0.15) is 17.9 Å². The van der Waals surface area contributed by atoms with Crippen molar-refractivity contribution >= 4 is 5.78 Å². The van der Waals surface area contributed by atoms with Crippen molar-refractivity contribution in [1.29, 1.82) is 0 Å². The molecule has 5 heteroatoms. The van der Waals surface area contributed by atoms with Crippen LogP contribution in [0.3, 0.4) is 0 Å². The van der Waals surface area contributed by atoms with Crippen LogP contribution in [0.5, 0.6) is 0 Å². The van der Waals surface area contributed by atoms with E-state index in [1.165, 1.54) is 6.33 Å². The number of Topliss-reactive ketones (excluding diaryl/α,β-unsaturated/α-hetero) is 1. The van der Waals surface area contributed by atoms with Gasteiger partial charge >= 0.3 is 0 Å². The van der Waals surface area contributed by atoms with E-state index in [4.69, 9.17) is 4.74 Å². The predicted molar refractivity (Wildman–Crippen MR) is 67.3 cm³/mol. The van der Waals surface area contributed by atoms with Crippen molar-refractivity contribution in [3.8, 4) is 0 Å². The highest BCUT2D eigenvalue weighted by molar-refractivity contribution is 5.80. The lowest BCUT2D eigenvalue weighted by Gasteiger charge is -2.10. The molecule has 2 heterocycles. The first-order chi connectivity index (χ1) is 8.66. The van der Waals surface area contributed by atoms with E-state index in [9.17, 15) is 4.79 Å². The third-order valence-electron chi connectivity index (χ3n) is 3.26. The second kappa shape index (κ2) is 6.09. The van der Waals surface area contributed by atoms with Crippen LogP contribution in [-0.4, -0.2) is 33.3 Å². The first-order valence-electron chi connectivity index (χ1n) is 6.68. The molecule has 0 aromatic carbocycles. The molecule has 2 rings (SSSR count). The lowest BCUT2D eigenvalue weighted by atomic mass is 10.1. The molecular weight excluding hydrogens is 230 g/mol. The Hall–Kier alpha value is -1.23. The van der Waals surface area contributed by atoms with E-state index in [1.54, 1.807) is 0 Å². The molecule has 1 aromatic rings. The van der Waals surface area contributed by atoms with Crippen molar-refractivity contribution in [2.24, 2.45) is 0 Å². The van der Waals surface area contributed by atoms with Crippen LogP contribution in [0.2, 0.25) is 0 Å². The summed E-state index contributed by atoms with van der Waals surface area (Å²) in [6.07, 6.45) is 5.82. The fourth-order valence-corrected chi connectivity index (χ4v) is 2.29. The summed E-state index contributed by atoms with van der Waals surface area (Å²) in [6.45, 7) is 4.92. The molecule has 1 fully saturated rings. The molecule has 1 atom stereocenters. The molecular formula is C13H21N3O2. The number of carbonyl (C=O) groups excluding carboxylic acids is 1. The number of hydrogen-bond donors (Lipinski definition) is 0. The van der Waals surface area contributed by atoms with Crippen LogP contribution in [0.15, 0.2) is 6.33 Å². The van der Waals surface area contributed by atoms with Gasteiger partial charge in [0.2, 0.25) is 0 Å². The molecule has 0 aliphatic carbocycles. The molecule has 0 saturated carbocycles. The Morgan fingerprint density at radius 2 is 2.44 bits per heavy atom. The molecule has 0 N–H and O–H groups in total. The number of rotatable bonds is 6. The summed E-state index contributed by atoms with van der Waals surface area (Å²) in [5, 5.41) is 4.13. The quantitative estimate of drug-likeness (QED) is 0.775. The molecule has 0 spiro atoms. The van der Waals surface area contributed by atoms with Gasteiger partial charge in [-0.25, -0.2) is 9.67 Å². The molecule has 1 aromatic heterocycles. The van der Waals surface area contributed by atoms with Crippen LogP contribution >= 0.6 is 0 Å². The largest absolute Gasteiger partial charge is 0.378 e. The number of ketones is 1. The summed E-state index contributed by atoms with van der Waals surface area (Å²) < 4.78 is 7.32. The van der Waals surface area contributed by atoms with E-state index < -0.39 is 0 Å². The fraction of sp³-hybridized carbons (Fsp3) is 0.769. The zero-order chi connectivity index (χ0) is 13.0. The third-order valence-corrected chi connectivity index (χ3v) is 3.26. The average Bonchev–Trinajstić information content (AvgIpc) is 2.96. The molecule has 5 nitrogen and oxygen atoms in total. The van der Waals surface area contributed by atoms with E-state index in [2.05, 4.69) is 10.1 Å². The SMILES string of the molecule is CC(C)n1ncnc1CC(=O)CCC1CCCO1. The van der Waals surface area contributed by atoms with Gasteiger partial charge in [0.05, 0.1) is 12.5 Å². The summed E-state index contributed by atoms with van der Waals surface area (Å²) >= 11 is 0. The first-order valence-corrected chi connectivity index (χ1v) is 6.68. The maximum atomic E-state index is 11.9. The molecule has 0 bridgehead atoms. The molecule has 0 amide bonds. The number of carbonyl (C=O) groups is 1. The van der Waals surface area contributed by atoms with Gasteiger partial charge in [0.25, 0.3) is 0 Å². The van der Waals surface area contributed by atoms with Gasteiger partial charge in [0, 0.05) is 19.1 Å². The van der Waals surface area contributed by atoms with Gasteiger partial charge < -0.3 is 4.74 Å². The topological polar surface area (TPSA) is 57.0 Å². The Morgan fingerprint density at radius 3 is 3.11 bits per heavy atom. The standard InChI is InChI=1S/C13H21N3O2/c1-10(2)16-13(14-9-15-16)8-11(17)5-6-12-4-3-7-18-12/h9-10,12H,3-8H2,1-2H3. The van der Waals surface area contributed by atoms with Crippen molar-refractivity contribution in [1.82, 2.24) is 14.8 Å². The second-order valence-corrected chi connectivity index (χ2v) is 5.10. The van der Waals surface area contributed by atoms with Crippen molar-refractivity contribution < 1.29 is 9.53 Å². The van der Waals surface area contributed by atoms with Crippen molar-refractivity contribution in [2.45, 2.75) is 58.1 Å². The Kier molecular flexibility index (Phi) is 4.47. The Balaban J connectivity index is 1.81. The maximum Gasteiger partial charge on any atom is 0.140 e. The van der Waals surface area contributed by atoms with Crippen molar-refractivity contribution in [2.75, 3.05) is 6.61 Å². The maximum absolute atomic E-state index is 11.9. The minimum absolute atomic E-state index is 0.223. The van der Waals surface area contributed by atoms with Crippen LogP contribution in [-0.2, 0) is 16.0 Å². The monoisotopic (exact) mass is 251 g/mol. The zero-order valence-corrected chi connectivity index (χ0v) is 11.1. The number of hydrogen-bond acceptors (Lipinski definition) is 4. The predicted octanol–water partition coefficient (Wildman–Crippen LogP) is 1.93. The lowest BCUT2D eigenvalue weighted by molar-refractivity contribution is -0.119. The summed E-state index contributed by atoms with van der Waals surface area (Å²) in [7, 11) is 0. The highest BCUT2D eigenvalue weighted by Gasteiger charge is 2.18. The van der Waals surface area contributed by atoms with E-state index in [-0.39, 0.29) is 17.9 Å². The van der Waals surface area contributed by atoms with Gasteiger partial charge in [-0.1, -0.05) is 0 Å². The molecule has 18 heavy (non-hydrogen) atoms. The van der Waals surface area contributed by atoms with E-state index in [0.717, 1.165) is 31.7 Å². The summed E-state index contributed by atoms with van der Waals surface area (Å²) in [5.74, 6) is 0.989. The Morgan fingerprint density at radius 1 is 1.61 bits per heavy atom. The molecule has 0 radical (unpaired) electrons. The molecule has 1 aliphatic heterocycles. The molecule has 1 aliphatic rings. The van der Waals surface area contributed by atoms with Gasteiger partial charge in [0.15, 0.2) is 0 Å².